The van der Waals surface area contributed by atoms with Crippen LogP contribution in [0.3, 0.4) is 0 Å². The molecule has 0 spiro atoms. The highest BCUT2D eigenvalue weighted by molar-refractivity contribution is 5.91. The van der Waals surface area contributed by atoms with Crippen molar-refractivity contribution in [2.45, 2.75) is 124 Å². The van der Waals surface area contributed by atoms with Gasteiger partial charge in [0.05, 0.1) is 5.69 Å². The van der Waals surface area contributed by atoms with Gasteiger partial charge in [0.15, 0.2) is 0 Å². The molecule has 0 amide bonds. The lowest BCUT2D eigenvalue weighted by molar-refractivity contribution is 0.380. The lowest BCUT2D eigenvalue weighted by Crippen LogP contribution is -2.46. The second-order valence-electron chi connectivity index (χ2n) is 16.0. The Morgan fingerprint density at radius 1 is 0.591 bits per heavy atom. The Labute approximate surface area is 268 Å². The summed E-state index contributed by atoms with van der Waals surface area (Å²) >= 11 is 0. The van der Waals surface area contributed by atoms with Gasteiger partial charge in [-0.05, 0) is 87.2 Å². The highest BCUT2D eigenvalue weighted by atomic mass is 15.2. The summed E-state index contributed by atoms with van der Waals surface area (Å²) in [7, 11) is 0. The molecule has 0 radical (unpaired) electrons. The fraction of sp³-hybridized carbons (Fsp3) is 0.442. The lowest BCUT2D eigenvalue weighted by atomic mass is 9.74. The molecule has 44 heavy (non-hydrogen) atoms. The second-order valence-corrected chi connectivity index (χ2v) is 16.0. The van der Waals surface area contributed by atoms with Gasteiger partial charge in [-0.1, -0.05) is 155 Å². The highest BCUT2D eigenvalue weighted by Gasteiger charge is 2.45. The van der Waals surface area contributed by atoms with E-state index >= 15 is 0 Å². The van der Waals surface area contributed by atoms with E-state index in [1.54, 1.807) is 0 Å². The highest BCUT2D eigenvalue weighted by Crippen LogP contribution is 2.58. The van der Waals surface area contributed by atoms with Gasteiger partial charge in [0.2, 0.25) is 0 Å². The lowest BCUT2D eigenvalue weighted by Gasteiger charge is -2.49. The third-order valence-corrected chi connectivity index (χ3v) is 9.99. The fourth-order valence-electron chi connectivity index (χ4n) is 7.93. The van der Waals surface area contributed by atoms with Gasteiger partial charge in [-0.3, -0.25) is 0 Å². The molecule has 5 rings (SSSR count). The average Bonchev–Trinajstić information content (AvgIpc) is 3.20. The number of hydrogen-bond donors (Lipinski definition) is 0. The van der Waals surface area contributed by atoms with Crippen molar-refractivity contribution in [2.75, 3.05) is 4.90 Å². The van der Waals surface area contributed by atoms with Crippen molar-refractivity contribution in [3.63, 3.8) is 0 Å². The van der Waals surface area contributed by atoms with Crippen molar-refractivity contribution >= 4 is 11.4 Å². The normalized spacial score (nSPS) is 14.3. The van der Waals surface area contributed by atoms with Crippen LogP contribution in [0.15, 0.2) is 84.9 Å². The van der Waals surface area contributed by atoms with Gasteiger partial charge in [0.25, 0.3) is 0 Å². The maximum atomic E-state index is 2.85. The molecule has 0 fully saturated rings. The molecule has 1 nitrogen and oxygen atoms in total. The van der Waals surface area contributed by atoms with E-state index in [1.165, 1.54) is 55.9 Å². The van der Waals surface area contributed by atoms with Gasteiger partial charge in [-0.25, -0.2) is 0 Å². The predicted molar refractivity (Wildman–Crippen MR) is 194 cm³/mol. The Hall–Kier alpha value is -3.32. The van der Waals surface area contributed by atoms with Crippen LogP contribution < -0.4 is 4.90 Å². The number of fused-ring (bicyclic) bond motifs is 3. The molecule has 0 atom stereocenters. The summed E-state index contributed by atoms with van der Waals surface area (Å²) in [6.45, 7) is 26.5. The third kappa shape index (κ3) is 5.53. The molecule has 4 aromatic carbocycles. The zero-order valence-corrected chi connectivity index (χ0v) is 29.4. The van der Waals surface area contributed by atoms with Crippen LogP contribution in [0.25, 0.3) is 22.3 Å². The molecule has 0 aliphatic heterocycles. The van der Waals surface area contributed by atoms with Crippen LogP contribution in [0.1, 0.15) is 124 Å². The van der Waals surface area contributed by atoms with Gasteiger partial charge in [0.1, 0.15) is 0 Å². The van der Waals surface area contributed by atoms with Crippen molar-refractivity contribution in [2.24, 2.45) is 0 Å². The maximum absolute atomic E-state index is 2.85. The number of benzene rings is 4. The standard InChI is InChI=1S/C43H55N/c1-12-27-43(11,28-13-2)44(37-26-23-31(29-36(37)41(6,7)8)30-19-15-14-16-20-30)39-35(40(3,4)5)25-24-33-32-21-17-18-22-34(32)42(9,10)38(33)39/h14-26,29H,12-13,27-28H2,1-11H3. The van der Waals surface area contributed by atoms with E-state index in [1.807, 2.05) is 0 Å². The first-order valence-corrected chi connectivity index (χ1v) is 16.9. The van der Waals surface area contributed by atoms with Crippen LogP contribution in [-0.2, 0) is 16.2 Å². The summed E-state index contributed by atoms with van der Waals surface area (Å²) in [5.41, 5.74) is 13.6. The monoisotopic (exact) mass is 585 g/mol. The van der Waals surface area contributed by atoms with E-state index in [0.29, 0.717) is 0 Å². The largest absolute Gasteiger partial charge is 0.335 e. The summed E-state index contributed by atoms with van der Waals surface area (Å²) in [5.74, 6) is 0. The van der Waals surface area contributed by atoms with E-state index in [0.717, 1.165) is 25.7 Å². The third-order valence-electron chi connectivity index (χ3n) is 9.99. The quantitative estimate of drug-likeness (QED) is 0.199. The van der Waals surface area contributed by atoms with Crippen LogP contribution in [0.4, 0.5) is 11.4 Å². The molecule has 1 heteroatoms. The summed E-state index contributed by atoms with van der Waals surface area (Å²) < 4.78 is 0. The topological polar surface area (TPSA) is 3.24 Å². The molecule has 0 unspecified atom stereocenters. The molecule has 1 aliphatic carbocycles. The average molecular weight is 586 g/mol. The van der Waals surface area contributed by atoms with Crippen LogP contribution in [0, 0.1) is 0 Å². The van der Waals surface area contributed by atoms with E-state index < -0.39 is 0 Å². The van der Waals surface area contributed by atoms with Crippen LogP contribution in [-0.4, -0.2) is 5.54 Å². The van der Waals surface area contributed by atoms with Crippen molar-refractivity contribution in [1.82, 2.24) is 0 Å². The van der Waals surface area contributed by atoms with Crippen LogP contribution in [0.2, 0.25) is 0 Å². The Morgan fingerprint density at radius 2 is 1.18 bits per heavy atom. The van der Waals surface area contributed by atoms with Gasteiger partial charge in [-0.2, -0.15) is 0 Å². The van der Waals surface area contributed by atoms with Crippen molar-refractivity contribution in [3.8, 4) is 22.3 Å². The fourth-order valence-corrected chi connectivity index (χ4v) is 7.93. The second kappa shape index (κ2) is 11.6. The molecule has 0 N–H and O–H groups in total. The molecule has 0 aromatic heterocycles. The smallest absolute Gasteiger partial charge is 0.0501 e. The molecule has 0 bridgehead atoms. The molecular formula is C43H55N. The molecule has 232 valence electrons. The minimum absolute atomic E-state index is 0.0291. The number of hydrogen-bond acceptors (Lipinski definition) is 1. The summed E-state index contributed by atoms with van der Waals surface area (Å²) in [4.78, 5) is 2.85. The minimum atomic E-state index is -0.119. The molecular weight excluding hydrogens is 530 g/mol. The Kier molecular flexibility index (Phi) is 8.43. The Balaban J connectivity index is 1.94. The number of rotatable bonds is 8. The number of nitrogens with zero attached hydrogens (tertiary/aromatic N) is 1. The summed E-state index contributed by atoms with van der Waals surface area (Å²) in [6, 6.07) is 32.2. The van der Waals surface area contributed by atoms with E-state index in [2.05, 4.69) is 166 Å². The molecule has 4 aromatic rings. The zero-order chi connectivity index (χ0) is 32.1. The van der Waals surface area contributed by atoms with Gasteiger partial charge in [0, 0.05) is 16.6 Å². The maximum Gasteiger partial charge on any atom is 0.0501 e. The first kappa shape index (κ1) is 32.1. The first-order chi connectivity index (χ1) is 20.6. The van der Waals surface area contributed by atoms with E-state index in [-0.39, 0.29) is 21.8 Å². The Morgan fingerprint density at radius 3 is 1.77 bits per heavy atom. The van der Waals surface area contributed by atoms with Gasteiger partial charge < -0.3 is 4.90 Å². The van der Waals surface area contributed by atoms with E-state index in [4.69, 9.17) is 0 Å². The van der Waals surface area contributed by atoms with Crippen LogP contribution in [0.5, 0.6) is 0 Å². The Bertz CT molecular complexity index is 1620. The summed E-state index contributed by atoms with van der Waals surface area (Å²) in [6.07, 6.45) is 4.55. The summed E-state index contributed by atoms with van der Waals surface area (Å²) in [5, 5.41) is 0. The molecule has 0 heterocycles. The number of anilines is 2. The molecule has 0 saturated carbocycles. The first-order valence-electron chi connectivity index (χ1n) is 16.9. The minimum Gasteiger partial charge on any atom is -0.335 e. The van der Waals surface area contributed by atoms with Gasteiger partial charge >= 0.3 is 0 Å². The van der Waals surface area contributed by atoms with Gasteiger partial charge in [-0.15, -0.1) is 0 Å². The molecule has 0 saturated heterocycles. The predicted octanol–water partition coefficient (Wildman–Crippen LogP) is 12.8. The zero-order valence-electron chi connectivity index (χ0n) is 29.4. The van der Waals surface area contributed by atoms with Crippen molar-refractivity contribution in [1.29, 1.82) is 0 Å². The van der Waals surface area contributed by atoms with E-state index in [9.17, 15) is 0 Å². The van der Waals surface area contributed by atoms with Crippen molar-refractivity contribution in [3.05, 3.63) is 107 Å². The van der Waals surface area contributed by atoms with Crippen molar-refractivity contribution < 1.29 is 0 Å². The molecule has 1 aliphatic rings. The SMILES string of the molecule is CCCC(C)(CCC)N(c1ccc(-c2ccccc2)cc1C(C)(C)C)c1c(C(C)(C)C)ccc2c1C(C)(C)c1ccccc1-2. The van der Waals surface area contributed by atoms with Crippen LogP contribution >= 0.6 is 0 Å².